The minimum absolute atomic E-state index is 0.268. The Kier molecular flexibility index (Phi) is 5.61. The Balaban J connectivity index is 1.59. The summed E-state index contributed by atoms with van der Waals surface area (Å²) in [5.41, 5.74) is 0.891. The zero-order valence-electron chi connectivity index (χ0n) is 16.0. The molecule has 1 aromatic heterocycles. The minimum Gasteiger partial charge on any atom is -0.451 e. The second kappa shape index (κ2) is 8.66. The first kappa shape index (κ1) is 20.1. The Morgan fingerprint density at radius 3 is 2.29 bits per heavy atom. The standard InChI is InChI=1S/C23H15F2N3O3/c24-16-11-12-19(25)18(13-16)20(29)14-31-23(30)21-26-22(15-7-3-1-4-8-15)28(27-21)17-9-5-2-6-10-17/h1-13H,14H2. The number of hydrogen-bond acceptors (Lipinski definition) is 5. The molecule has 0 spiro atoms. The van der Waals surface area contributed by atoms with Gasteiger partial charge in [0.2, 0.25) is 5.78 Å². The fourth-order valence-electron chi connectivity index (χ4n) is 2.91. The largest absolute Gasteiger partial charge is 0.451 e. The van der Waals surface area contributed by atoms with Gasteiger partial charge < -0.3 is 4.74 Å². The number of carbonyl (C=O) groups is 2. The number of halogens is 2. The summed E-state index contributed by atoms with van der Waals surface area (Å²) in [5, 5.41) is 4.22. The number of ketones is 1. The fraction of sp³-hybridized carbons (Fsp3) is 0.0435. The molecule has 0 N–H and O–H groups in total. The highest BCUT2D eigenvalue weighted by Gasteiger charge is 2.22. The molecule has 4 rings (SSSR count). The molecular formula is C23H15F2N3O3. The van der Waals surface area contributed by atoms with Crippen LogP contribution in [-0.2, 0) is 4.74 Å². The highest BCUT2D eigenvalue weighted by Crippen LogP contribution is 2.21. The lowest BCUT2D eigenvalue weighted by molar-refractivity contribution is 0.0461. The molecular weight excluding hydrogens is 404 g/mol. The van der Waals surface area contributed by atoms with Crippen LogP contribution in [0.3, 0.4) is 0 Å². The summed E-state index contributed by atoms with van der Waals surface area (Å²) in [6.45, 7) is -0.778. The molecule has 0 amide bonds. The predicted octanol–water partition coefficient (Wildman–Crippen LogP) is 4.25. The van der Waals surface area contributed by atoms with Crippen molar-refractivity contribution < 1.29 is 23.1 Å². The van der Waals surface area contributed by atoms with Crippen LogP contribution in [0.5, 0.6) is 0 Å². The molecule has 0 atom stereocenters. The Labute approximate surface area is 175 Å². The Morgan fingerprint density at radius 1 is 0.903 bits per heavy atom. The maximum absolute atomic E-state index is 13.7. The van der Waals surface area contributed by atoms with Crippen LogP contribution in [0.1, 0.15) is 21.0 Å². The lowest BCUT2D eigenvalue weighted by atomic mass is 10.1. The average Bonchev–Trinajstić information content (AvgIpc) is 3.26. The quantitative estimate of drug-likeness (QED) is 0.345. The van der Waals surface area contributed by atoms with Crippen molar-refractivity contribution in [3.05, 3.63) is 102 Å². The smallest absolute Gasteiger partial charge is 0.378 e. The predicted molar refractivity (Wildman–Crippen MR) is 108 cm³/mol. The highest BCUT2D eigenvalue weighted by molar-refractivity contribution is 5.99. The second-order valence-corrected chi connectivity index (χ2v) is 6.50. The number of aromatic nitrogens is 3. The number of benzene rings is 3. The summed E-state index contributed by atoms with van der Waals surface area (Å²) in [6.07, 6.45) is 0. The van der Waals surface area contributed by atoms with Gasteiger partial charge in [-0.25, -0.2) is 23.2 Å². The van der Waals surface area contributed by atoms with E-state index >= 15 is 0 Å². The normalized spacial score (nSPS) is 10.6. The topological polar surface area (TPSA) is 74.1 Å². The van der Waals surface area contributed by atoms with E-state index in [2.05, 4.69) is 10.1 Å². The first-order valence-electron chi connectivity index (χ1n) is 9.26. The molecule has 0 bridgehead atoms. The molecule has 0 fully saturated rings. The molecule has 0 aliphatic carbocycles. The van der Waals surface area contributed by atoms with E-state index in [0.717, 1.165) is 23.8 Å². The lowest BCUT2D eigenvalue weighted by Gasteiger charge is -2.05. The van der Waals surface area contributed by atoms with E-state index in [1.807, 2.05) is 48.5 Å². The third kappa shape index (κ3) is 4.37. The summed E-state index contributed by atoms with van der Waals surface area (Å²) in [7, 11) is 0. The van der Waals surface area contributed by atoms with Crippen LogP contribution in [-0.4, -0.2) is 33.1 Å². The fourth-order valence-corrected chi connectivity index (χ4v) is 2.91. The molecule has 3 aromatic carbocycles. The molecule has 154 valence electrons. The lowest BCUT2D eigenvalue weighted by Crippen LogP contribution is -2.16. The van der Waals surface area contributed by atoms with Crippen molar-refractivity contribution in [2.24, 2.45) is 0 Å². The van der Waals surface area contributed by atoms with Crippen LogP contribution in [0.2, 0.25) is 0 Å². The van der Waals surface area contributed by atoms with Crippen LogP contribution in [0, 0.1) is 11.6 Å². The summed E-state index contributed by atoms with van der Waals surface area (Å²) >= 11 is 0. The molecule has 31 heavy (non-hydrogen) atoms. The van der Waals surface area contributed by atoms with Gasteiger partial charge in [0.05, 0.1) is 11.3 Å². The number of nitrogens with zero attached hydrogens (tertiary/aromatic N) is 3. The van der Waals surface area contributed by atoms with Gasteiger partial charge in [-0.2, -0.15) is 0 Å². The number of para-hydroxylation sites is 1. The third-order valence-corrected chi connectivity index (χ3v) is 4.39. The van der Waals surface area contributed by atoms with Crippen molar-refractivity contribution in [2.45, 2.75) is 0 Å². The highest BCUT2D eigenvalue weighted by atomic mass is 19.1. The first-order valence-corrected chi connectivity index (χ1v) is 9.26. The van der Waals surface area contributed by atoms with Crippen LogP contribution >= 0.6 is 0 Å². The van der Waals surface area contributed by atoms with Gasteiger partial charge in [0, 0.05) is 5.56 Å². The van der Waals surface area contributed by atoms with Crippen molar-refractivity contribution in [1.82, 2.24) is 14.8 Å². The summed E-state index contributed by atoms with van der Waals surface area (Å²) in [6, 6.07) is 20.7. The van der Waals surface area contributed by atoms with Gasteiger partial charge in [-0.15, -0.1) is 5.10 Å². The van der Waals surface area contributed by atoms with Crippen molar-refractivity contribution in [1.29, 1.82) is 0 Å². The number of rotatable bonds is 6. The van der Waals surface area contributed by atoms with E-state index in [9.17, 15) is 18.4 Å². The maximum atomic E-state index is 13.7. The van der Waals surface area contributed by atoms with E-state index in [-0.39, 0.29) is 5.82 Å². The van der Waals surface area contributed by atoms with Gasteiger partial charge in [0.1, 0.15) is 11.6 Å². The van der Waals surface area contributed by atoms with Gasteiger partial charge in [-0.1, -0.05) is 48.5 Å². The van der Waals surface area contributed by atoms with E-state index < -0.39 is 35.6 Å². The Morgan fingerprint density at radius 2 is 1.58 bits per heavy atom. The van der Waals surface area contributed by atoms with Gasteiger partial charge in [0.15, 0.2) is 12.4 Å². The van der Waals surface area contributed by atoms with Crippen LogP contribution in [0.25, 0.3) is 17.1 Å². The summed E-state index contributed by atoms with van der Waals surface area (Å²) in [5.74, 6) is -3.38. The average molecular weight is 419 g/mol. The number of carbonyl (C=O) groups excluding carboxylic acids is 2. The van der Waals surface area contributed by atoms with Crippen molar-refractivity contribution in [2.75, 3.05) is 6.61 Å². The van der Waals surface area contributed by atoms with E-state index in [1.54, 1.807) is 12.1 Å². The van der Waals surface area contributed by atoms with Gasteiger partial charge >= 0.3 is 5.97 Å². The number of hydrogen-bond donors (Lipinski definition) is 0. The Hall–Kier alpha value is -4.20. The van der Waals surface area contributed by atoms with E-state index in [4.69, 9.17) is 4.74 Å². The zero-order chi connectivity index (χ0) is 21.8. The molecule has 0 saturated carbocycles. The Bertz CT molecular complexity index is 1180. The number of Topliss-reactive ketones (excluding diaryl/α,β-unsaturated/α-hetero) is 1. The van der Waals surface area contributed by atoms with Crippen molar-refractivity contribution in [3.63, 3.8) is 0 Å². The van der Waals surface area contributed by atoms with Crippen molar-refractivity contribution in [3.8, 4) is 17.1 Å². The molecule has 4 aromatic rings. The molecule has 0 aliphatic rings. The van der Waals surface area contributed by atoms with Crippen LogP contribution < -0.4 is 0 Å². The summed E-state index contributed by atoms with van der Waals surface area (Å²) < 4.78 is 33.5. The molecule has 0 unspecified atom stereocenters. The maximum Gasteiger partial charge on any atom is 0.378 e. The first-order chi connectivity index (χ1) is 15.0. The number of esters is 1. The zero-order valence-corrected chi connectivity index (χ0v) is 16.0. The van der Waals surface area contributed by atoms with Crippen LogP contribution in [0.4, 0.5) is 8.78 Å². The van der Waals surface area contributed by atoms with Crippen molar-refractivity contribution >= 4 is 11.8 Å². The third-order valence-electron chi connectivity index (χ3n) is 4.39. The summed E-state index contributed by atoms with van der Waals surface area (Å²) in [4.78, 5) is 28.9. The molecule has 0 radical (unpaired) electrons. The SMILES string of the molecule is O=C(OCC(=O)c1cc(F)ccc1F)c1nc(-c2ccccc2)n(-c2ccccc2)n1. The van der Waals surface area contributed by atoms with Gasteiger partial charge in [0.25, 0.3) is 5.82 Å². The molecule has 6 nitrogen and oxygen atoms in total. The van der Waals surface area contributed by atoms with Gasteiger partial charge in [-0.05, 0) is 30.3 Å². The van der Waals surface area contributed by atoms with E-state index in [1.165, 1.54) is 4.68 Å². The van der Waals surface area contributed by atoms with E-state index in [0.29, 0.717) is 11.5 Å². The molecule has 0 aliphatic heterocycles. The minimum atomic E-state index is -0.961. The second-order valence-electron chi connectivity index (χ2n) is 6.50. The monoisotopic (exact) mass is 419 g/mol. The molecule has 1 heterocycles. The van der Waals surface area contributed by atoms with Gasteiger partial charge in [-0.3, -0.25) is 4.79 Å². The molecule has 8 heteroatoms. The van der Waals surface area contributed by atoms with Crippen LogP contribution in [0.15, 0.2) is 78.9 Å². The molecule has 0 saturated heterocycles. The number of ether oxygens (including phenoxy) is 1.